The van der Waals surface area contributed by atoms with E-state index in [0.717, 1.165) is 30.6 Å². The topological polar surface area (TPSA) is 111 Å². The predicted molar refractivity (Wildman–Crippen MR) is 131 cm³/mol. The Hall–Kier alpha value is -2.42. The molecule has 2 aromatic carbocycles. The van der Waals surface area contributed by atoms with E-state index in [1.165, 1.54) is 11.1 Å². The Kier molecular flexibility index (Phi) is 8.88. The smallest absolute Gasteiger partial charge is 0.224 e. The number of rotatable bonds is 11. The zero-order chi connectivity index (χ0) is 23.8. The maximum absolute atomic E-state index is 12.0. The monoisotopic (exact) mass is 473 g/mol. The van der Waals surface area contributed by atoms with Crippen LogP contribution in [0, 0.1) is 0 Å². The van der Waals surface area contributed by atoms with Gasteiger partial charge >= 0.3 is 0 Å². The third-order valence-corrected chi connectivity index (χ3v) is 6.89. The molecule has 0 heterocycles. The van der Waals surface area contributed by atoms with Crippen LogP contribution in [0.25, 0.3) is 0 Å². The first-order valence-electron chi connectivity index (χ1n) is 11.6. The van der Waals surface area contributed by atoms with Gasteiger partial charge in [0, 0.05) is 18.6 Å². The van der Waals surface area contributed by atoms with Crippen molar-refractivity contribution in [3.05, 3.63) is 65.2 Å². The van der Waals surface area contributed by atoms with E-state index in [0.29, 0.717) is 18.6 Å². The van der Waals surface area contributed by atoms with Crippen molar-refractivity contribution in [2.45, 2.75) is 57.5 Å². The van der Waals surface area contributed by atoms with Crippen LogP contribution in [0.15, 0.2) is 48.5 Å². The van der Waals surface area contributed by atoms with Crippen molar-refractivity contribution >= 4 is 15.9 Å². The van der Waals surface area contributed by atoms with Crippen molar-refractivity contribution in [1.82, 2.24) is 10.6 Å². The fourth-order valence-corrected chi connectivity index (χ4v) is 4.80. The van der Waals surface area contributed by atoms with Crippen LogP contribution in [0.3, 0.4) is 0 Å². The van der Waals surface area contributed by atoms with Gasteiger partial charge in [0.05, 0.1) is 18.8 Å². The molecule has 1 aliphatic rings. The molecular weight excluding hydrogens is 438 g/mol. The van der Waals surface area contributed by atoms with E-state index in [-0.39, 0.29) is 30.7 Å². The largest absolute Gasteiger partial charge is 0.494 e. The van der Waals surface area contributed by atoms with E-state index < -0.39 is 10.0 Å². The van der Waals surface area contributed by atoms with Crippen LogP contribution >= 0.6 is 0 Å². The predicted octanol–water partition coefficient (Wildman–Crippen LogP) is 3.02. The lowest BCUT2D eigenvalue weighted by Crippen LogP contribution is -2.32. The number of nitrogens with two attached hydrogens (primary N) is 1. The Labute approximate surface area is 197 Å². The van der Waals surface area contributed by atoms with Crippen molar-refractivity contribution in [2.24, 2.45) is 5.14 Å². The second kappa shape index (κ2) is 11.6. The fourth-order valence-electron chi connectivity index (χ4n) is 4.41. The normalized spacial score (nSPS) is 19.2. The molecule has 3 rings (SSSR count). The number of nitrogens with one attached hydrogen (secondary N) is 2. The second-order valence-electron chi connectivity index (χ2n) is 8.74. The fraction of sp³-hybridized carbons (Fsp3) is 0.480. The van der Waals surface area contributed by atoms with Gasteiger partial charge in [-0.25, -0.2) is 13.6 Å². The van der Waals surface area contributed by atoms with Crippen molar-refractivity contribution in [1.29, 1.82) is 0 Å². The molecule has 0 spiro atoms. The summed E-state index contributed by atoms with van der Waals surface area (Å²) in [6, 6.07) is 17.2. The van der Waals surface area contributed by atoms with Gasteiger partial charge in [0.1, 0.15) is 5.75 Å². The molecule has 7 nitrogen and oxygen atoms in total. The van der Waals surface area contributed by atoms with E-state index in [2.05, 4.69) is 41.8 Å². The minimum absolute atomic E-state index is 0.0283. The summed E-state index contributed by atoms with van der Waals surface area (Å²) < 4.78 is 27.5. The third kappa shape index (κ3) is 8.14. The molecule has 1 fully saturated rings. The van der Waals surface area contributed by atoms with Gasteiger partial charge in [-0.05, 0) is 67.9 Å². The highest BCUT2D eigenvalue weighted by Crippen LogP contribution is 2.35. The molecule has 4 N–H and O–H groups in total. The first-order valence-corrected chi connectivity index (χ1v) is 13.3. The lowest BCUT2D eigenvalue weighted by atomic mass is 9.95. The molecule has 0 aliphatic heterocycles. The number of hydrogen-bond donors (Lipinski definition) is 3. The van der Waals surface area contributed by atoms with Gasteiger partial charge in [-0.3, -0.25) is 4.79 Å². The van der Waals surface area contributed by atoms with Gasteiger partial charge in [-0.15, -0.1) is 0 Å². The molecule has 0 aromatic heterocycles. The summed E-state index contributed by atoms with van der Waals surface area (Å²) in [5.74, 6) is 0.942. The molecule has 1 aliphatic carbocycles. The van der Waals surface area contributed by atoms with Gasteiger partial charge in [-0.2, -0.15) is 0 Å². The Morgan fingerprint density at radius 3 is 2.64 bits per heavy atom. The number of amides is 1. The van der Waals surface area contributed by atoms with E-state index in [1.54, 1.807) is 0 Å². The highest BCUT2D eigenvalue weighted by Gasteiger charge is 2.27. The average molecular weight is 474 g/mol. The maximum Gasteiger partial charge on any atom is 0.224 e. The molecule has 1 saturated carbocycles. The number of primary sulfonamides is 1. The van der Waals surface area contributed by atoms with Gasteiger partial charge in [0.25, 0.3) is 0 Å². The first kappa shape index (κ1) is 25.2. The average Bonchev–Trinajstić information content (AvgIpc) is 3.22. The number of hydrogen-bond acceptors (Lipinski definition) is 5. The molecule has 0 radical (unpaired) electrons. The molecule has 0 unspecified atom stereocenters. The minimum Gasteiger partial charge on any atom is -0.494 e. The summed E-state index contributed by atoms with van der Waals surface area (Å²) in [5, 5.41) is 11.3. The van der Waals surface area contributed by atoms with Crippen molar-refractivity contribution in [2.75, 3.05) is 18.9 Å². The quantitative estimate of drug-likeness (QED) is 0.465. The first-order chi connectivity index (χ1) is 15.7. The Bertz CT molecular complexity index is 1020. The van der Waals surface area contributed by atoms with E-state index in [1.807, 2.05) is 31.2 Å². The zero-order valence-corrected chi connectivity index (χ0v) is 20.2. The van der Waals surface area contributed by atoms with E-state index >= 15 is 0 Å². The number of benzene rings is 2. The Morgan fingerprint density at radius 1 is 1.18 bits per heavy atom. The molecule has 8 heteroatoms. The van der Waals surface area contributed by atoms with Gasteiger partial charge in [0.2, 0.25) is 15.9 Å². The van der Waals surface area contributed by atoms with Crippen molar-refractivity contribution in [3.63, 3.8) is 0 Å². The molecule has 3 atom stereocenters. The summed E-state index contributed by atoms with van der Waals surface area (Å²) >= 11 is 0. The molecule has 0 bridgehead atoms. The minimum atomic E-state index is -3.57. The van der Waals surface area contributed by atoms with Gasteiger partial charge < -0.3 is 15.4 Å². The van der Waals surface area contributed by atoms with Gasteiger partial charge in [-0.1, -0.05) is 36.4 Å². The number of sulfonamides is 1. The molecular formula is C25H35N3O4S. The zero-order valence-electron chi connectivity index (χ0n) is 19.4. The van der Waals surface area contributed by atoms with Crippen LogP contribution in [-0.2, 0) is 21.2 Å². The summed E-state index contributed by atoms with van der Waals surface area (Å²) in [5.41, 5.74) is 3.43. The highest BCUT2D eigenvalue weighted by atomic mass is 32.2. The Balaban J connectivity index is 1.47. The summed E-state index contributed by atoms with van der Waals surface area (Å²) in [6.07, 6.45) is 3.58. The second-order valence-corrected chi connectivity index (χ2v) is 10.5. The molecule has 33 heavy (non-hydrogen) atoms. The van der Waals surface area contributed by atoms with Gasteiger partial charge in [0.15, 0.2) is 0 Å². The molecule has 180 valence electrons. The van der Waals surface area contributed by atoms with Crippen LogP contribution in [0.1, 0.15) is 61.8 Å². The number of carbonyl (C=O) groups excluding carboxylic acids is 1. The SMILES string of the molecule is CCOc1cccc([C@@H](C)N[C@H]2CC[C@@H](c3ccc(CC(=O)NCCS(N)(=O)=O)cc3)C2)c1. The number of carbonyl (C=O) groups is 1. The van der Waals surface area contributed by atoms with E-state index in [9.17, 15) is 13.2 Å². The lowest BCUT2D eigenvalue weighted by Gasteiger charge is -2.21. The van der Waals surface area contributed by atoms with Crippen molar-refractivity contribution < 1.29 is 17.9 Å². The standard InChI is InChI=1S/C25H35N3O4S/c1-3-32-24-6-4-5-21(17-24)18(2)28-23-12-11-22(16-23)20-9-7-19(8-10-20)15-25(29)27-13-14-33(26,30)31/h4-10,17-18,22-23,28H,3,11-16H2,1-2H3,(H,27,29)(H2,26,30,31)/t18-,22-,23+/m1/s1. The van der Waals surface area contributed by atoms with Crippen molar-refractivity contribution in [3.8, 4) is 5.75 Å². The van der Waals surface area contributed by atoms with E-state index in [4.69, 9.17) is 9.88 Å². The van der Waals surface area contributed by atoms with Crippen LogP contribution < -0.4 is 20.5 Å². The van der Waals surface area contributed by atoms with Crippen LogP contribution in [0.4, 0.5) is 0 Å². The summed E-state index contributed by atoms with van der Waals surface area (Å²) in [6.45, 7) is 4.88. The Morgan fingerprint density at radius 2 is 1.94 bits per heavy atom. The maximum atomic E-state index is 12.0. The summed E-state index contributed by atoms with van der Waals surface area (Å²) in [4.78, 5) is 12.0. The number of ether oxygens (including phenoxy) is 1. The van der Waals surface area contributed by atoms with Crippen LogP contribution in [-0.4, -0.2) is 39.3 Å². The molecule has 1 amide bonds. The van der Waals surface area contributed by atoms with Crippen LogP contribution in [0.5, 0.6) is 5.75 Å². The van der Waals surface area contributed by atoms with Crippen LogP contribution in [0.2, 0.25) is 0 Å². The lowest BCUT2D eigenvalue weighted by molar-refractivity contribution is -0.120. The summed E-state index contributed by atoms with van der Waals surface area (Å²) in [7, 11) is -3.57. The third-order valence-electron chi connectivity index (χ3n) is 6.11. The molecule has 0 saturated heterocycles. The molecule has 2 aromatic rings. The highest BCUT2D eigenvalue weighted by molar-refractivity contribution is 7.89.